The number of rotatable bonds is 7. The van der Waals surface area contributed by atoms with Crippen molar-refractivity contribution >= 4 is 35.2 Å². The molecule has 4 heteroatoms. The van der Waals surface area contributed by atoms with Crippen molar-refractivity contribution in [2.45, 2.75) is 39.5 Å². The highest BCUT2D eigenvalue weighted by atomic mass is 32.1. The van der Waals surface area contributed by atoms with Crippen LogP contribution in [0.15, 0.2) is 59.6 Å². The molecular weight excluding hydrogens is 432 g/mol. The lowest BCUT2D eigenvalue weighted by Crippen LogP contribution is -1.87. The number of thiocarbonyl (C=S) groups is 1. The minimum atomic E-state index is -0.771. The SMILES string of the molecule is CCCCCC#Cc1ccc(-c2ccc(/C=C/c3cc(F)c(N=C=S)c(F)c3)cc2C)cc1. The Hall–Kier alpha value is -3.38. The zero-order valence-corrected chi connectivity index (χ0v) is 19.6. The molecule has 3 rings (SSSR count). The number of unbranched alkanes of at least 4 members (excludes halogenated alkanes) is 3. The molecule has 0 N–H and O–H groups in total. The molecule has 0 aliphatic carbocycles. The molecule has 33 heavy (non-hydrogen) atoms. The Bertz CT molecular complexity index is 1230. The van der Waals surface area contributed by atoms with E-state index in [0.717, 1.165) is 40.7 Å². The van der Waals surface area contributed by atoms with E-state index in [4.69, 9.17) is 0 Å². The van der Waals surface area contributed by atoms with Gasteiger partial charge < -0.3 is 0 Å². The van der Waals surface area contributed by atoms with E-state index in [1.54, 1.807) is 6.08 Å². The van der Waals surface area contributed by atoms with Gasteiger partial charge in [0.2, 0.25) is 0 Å². The summed E-state index contributed by atoms with van der Waals surface area (Å²) in [5.74, 6) is 4.93. The fourth-order valence-corrected chi connectivity index (χ4v) is 3.59. The number of aliphatic imine (C=N–C) groups is 1. The van der Waals surface area contributed by atoms with Crippen molar-refractivity contribution in [1.29, 1.82) is 0 Å². The summed E-state index contributed by atoms with van der Waals surface area (Å²) in [4.78, 5) is 3.43. The Morgan fingerprint density at radius 1 is 0.909 bits per heavy atom. The fraction of sp³-hybridized carbons (Fsp3) is 0.207. The minimum Gasteiger partial charge on any atom is -0.204 e. The Morgan fingerprint density at radius 2 is 1.61 bits per heavy atom. The van der Waals surface area contributed by atoms with Gasteiger partial charge in [0, 0.05) is 12.0 Å². The summed E-state index contributed by atoms with van der Waals surface area (Å²) in [7, 11) is 0. The molecule has 0 radical (unpaired) electrons. The molecule has 3 aromatic carbocycles. The first-order chi connectivity index (χ1) is 16.0. The van der Waals surface area contributed by atoms with Crippen LogP contribution < -0.4 is 0 Å². The third-order valence-electron chi connectivity index (χ3n) is 5.25. The van der Waals surface area contributed by atoms with Crippen LogP contribution in [0.1, 0.15) is 54.9 Å². The van der Waals surface area contributed by atoms with E-state index >= 15 is 0 Å². The first-order valence-corrected chi connectivity index (χ1v) is 11.4. The number of benzene rings is 3. The van der Waals surface area contributed by atoms with E-state index < -0.39 is 17.3 Å². The fourth-order valence-electron chi connectivity index (χ4n) is 3.50. The molecule has 0 saturated carbocycles. The monoisotopic (exact) mass is 457 g/mol. The van der Waals surface area contributed by atoms with Gasteiger partial charge in [0.1, 0.15) is 5.69 Å². The Kier molecular flexibility index (Phi) is 8.84. The molecule has 0 bridgehead atoms. The molecule has 0 amide bonds. The third kappa shape index (κ3) is 6.80. The van der Waals surface area contributed by atoms with Crippen LogP contribution >= 0.6 is 12.2 Å². The quantitative estimate of drug-likeness (QED) is 0.114. The first-order valence-electron chi connectivity index (χ1n) is 11.0. The van der Waals surface area contributed by atoms with E-state index in [2.05, 4.69) is 66.3 Å². The van der Waals surface area contributed by atoms with Crippen molar-refractivity contribution in [3.8, 4) is 23.0 Å². The molecule has 1 nitrogen and oxygen atoms in total. The zero-order chi connectivity index (χ0) is 23.6. The molecule has 0 spiro atoms. The zero-order valence-electron chi connectivity index (χ0n) is 18.8. The minimum absolute atomic E-state index is 0.404. The van der Waals surface area contributed by atoms with Crippen LogP contribution in [-0.4, -0.2) is 5.16 Å². The number of hydrogen-bond acceptors (Lipinski definition) is 2. The van der Waals surface area contributed by atoms with Crippen molar-refractivity contribution in [2.24, 2.45) is 4.99 Å². The maximum Gasteiger partial charge on any atom is 0.153 e. The van der Waals surface area contributed by atoms with Crippen LogP contribution in [0.5, 0.6) is 0 Å². The summed E-state index contributed by atoms with van der Waals surface area (Å²) in [6.45, 7) is 4.24. The lowest BCUT2D eigenvalue weighted by atomic mass is 9.97. The third-order valence-corrected chi connectivity index (χ3v) is 5.34. The van der Waals surface area contributed by atoms with E-state index in [1.807, 2.05) is 30.3 Å². The number of nitrogens with zero attached hydrogens (tertiary/aromatic N) is 1. The number of isothiocyanates is 1. The van der Waals surface area contributed by atoms with Crippen molar-refractivity contribution in [1.82, 2.24) is 0 Å². The highest BCUT2D eigenvalue weighted by molar-refractivity contribution is 7.78. The maximum atomic E-state index is 14.0. The van der Waals surface area contributed by atoms with E-state index in [-0.39, 0.29) is 0 Å². The molecule has 0 aliphatic rings. The van der Waals surface area contributed by atoms with Crippen molar-refractivity contribution in [3.63, 3.8) is 0 Å². The molecule has 3 aromatic rings. The van der Waals surface area contributed by atoms with Crippen molar-refractivity contribution < 1.29 is 8.78 Å². The van der Waals surface area contributed by atoms with Gasteiger partial charge in [-0.05, 0) is 77.6 Å². The van der Waals surface area contributed by atoms with Gasteiger partial charge in [0.25, 0.3) is 0 Å². The van der Waals surface area contributed by atoms with E-state index in [0.29, 0.717) is 5.56 Å². The molecule has 0 atom stereocenters. The Balaban J connectivity index is 1.73. The van der Waals surface area contributed by atoms with E-state index in [1.165, 1.54) is 25.0 Å². The second-order valence-electron chi connectivity index (χ2n) is 7.78. The summed E-state index contributed by atoms with van der Waals surface area (Å²) in [6, 6.07) is 16.8. The van der Waals surface area contributed by atoms with Gasteiger partial charge in [0.05, 0.1) is 5.16 Å². The van der Waals surface area contributed by atoms with Crippen LogP contribution in [0.4, 0.5) is 14.5 Å². The number of aryl methyl sites for hydroxylation is 1. The van der Waals surface area contributed by atoms with Crippen LogP contribution in [0, 0.1) is 30.4 Å². The predicted octanol–water partition coefficient (Wildman–Crippen LogP) is 8.78. The molecule has 0 aliphatic heterocycles. The maximum absolute atomic E-state index is 14.0. The van der Waals surface area contributed by atoms with Gasteiger partial charge in [-0.25, -0.2) is 8.78 Å². The van der Waals surface area contributed by atoms with Gasteiger partial charge in [-0.3, -0.25) is 0 Å². The van der Waals surface area contributed by atoms with E-state index in [9.17, 15) is 8.78 Å². The second-order valence-corrected chi connectivity index (χ2v) is 7.96. The van der Waals surface area contributed by atoms with Gasteiger partial charge in [-0.2, -0.15) is 4.99 Å². The normalized spacial score (nSPS) is 10.5. The first kappa shape index (κ1) is 24.3. The number of hydrogen-bond donors (Lipinski definition) is 0. The average Bonchev–Trinajstić information content (AvgIpc) is 2.80. The summed E-state index contributed by atoms with van der Waals surface area (Å²) in [6.07, 6.45) is 8.01. The molecule has 0 heterocycles. The largest absolute Gasteiger partial charge is 0.204 e. The molecular formula is C29H25F2NS. The van der Waals surface area contributed by atoms with Gasteiger partial charge in [0.15, 0.2) is 11.6 Å². The second kappa shape index (κ2) is 12.0. The highest BCUT2D eigenvalue weighted by Gasteiger charge is 2.09. The molecule has 0 unspecified atom stereocenters. The standard InChI is InChI=1S/C29H25F2NS/c1-3-4-5-6-7-8-22-11-14-25(15-12-22)26-16-13-23(17-21(26)2)9-10-24-18-27(30)29(32-20-33)28(31)19-24/h9-19H,3-6H2,1-2H3/b10-9+. The van der Waals surface area contributed by atoms with Gasteiger partial charge >= 0.3 is 0 Å². The topological polar surface area (TPSA) is 12.4 Å². The lowest BCUT2D eigenvalue weighted by molar-refractivity contribution is 0.587. The summed E-state index contributed by atoms with van der Waals surface area (Å²) in [5.41, 5.74) is 5.31. The van der Waals surface area contributed by atoms with Crippen LogP contribution in [0.3, 0.4) is 0 Å². The van der Waals surface area contributed by atoms with Gasteiger partial charge in [-0.15, -0.1) is 0 Å². The van der Waals surface area contributed by atoms with Crippen LogP contribution in [0.25, 0.3) is 23.3 Å². The molecule has 0 aromatic heterocycles. The molecule has 166 valence electrons. The molecule has 0 saturated heterocycles. The van der Waals surface area contributed by atoms with Crippen molar-refractivity contribution in [2.75, 3.05) is 0 Å². The van der Waals surface area contributed by atoms with Crippen LogP contribution in [-0.2, 0) is 0 Å². The Morgan fingerprint density at radius 3 is 2.24 bits per heavy atom. The van der Waals surface area contributed by atoms with Crippen LogP contribution in [0.2, 0.25) is 0 Å². The molecule has 0 fully saturated rings. The summed E-state index contributed by atoms with van der Waals surface area (Å²) >= 11 is 4.42. The van der Waals surface area contributed by atoms with Gasteiger partial charge in [-0.1, -0.05) is 74.1 Å². The average molecular weight is 458 g/mol. The summed E-state index contributed by atoms with van der Waals surface area (Å²) < 4.78 is 28.0. The number of halogens is 2. The highest BCUT2D eigenvalue weighted by Crippen LogP contribution is 2.27. The smallest absolute Gasteiger partial charge is 0.153 e. The Labute approximate surface area is 199 Å². The van der Waals surface area contributed by atoms with Crippen molar-refractivity contribution in [3.05, 3.63) is 88.5 Å². The summed E-state index contributed by atoms with van der Waals surface area (Å²) in [5, 5.41) is 1.99. The lowest BCUT2D eigenvalue weighted by Gasteiger charge is -2.08. The predicted molar refractivity (Wildman–Crippen MR) is 138 cm³/mol.